The zero-order valence-electron chi connectivity index (χ0n) is 41.4. The minimum atomic E-state index is -0.986. The van der Waals surface area contributed by atoms with Crippen LogP contribution in [0.15, 0.2) is 60.7 Å². The minimum absolute atomic E-state index is 0.00552. The van der Waals surface area contributed by atoms with E-state index in [1.54, 1.807) is 6.07 Å². The first-order valence-electron chi connectivity index (χ1n) is 26.7. The molecular weight excluding hydrogens is 920 g/mol. The Morgan fingerprint density at radius 2 is 1.47 bits per heavy atom. The third kappa shape index (κ3) is 12.5. The number of unbranched alkanes of at least 4 members (excludes halogenated alkanes) is 2. The highest BCUT2D eigenvalue weighted by molar-refractivity contribution is 5.77. The summed E-state index contributed by atoms with van der Waals surface area (Å²) in [4.78, 5) is 39.0. The molecule has 2 unspecified atom stereocenters. The van der Waals surface area contributed by atoms with Gasteiger partial charge < -0.3 is 44.5 Å². The Morgan fingerprint density at radius 3 is 2.19 bits per heavy atom. The van der Waals surface area contributed by atoms with Crippen LogP contribution in [-0.2, 0) is 49.5 Å². The van der Waals surface area contributed by atoms with Gasteiger partial charge in [0, 0.05) is 93.6 Å². The minimum Gasteiger partial charge on any atom is -0.493 e. The molecule has 4 aromatic rings. The number of carboxylic acid groups (broad SMARTS) is 2. The van der Waals surface area contributed by atoms with E-state index >= 15 is 0 Å². The van der Waals surface area contributed by atoms with Crippen LogP contribution in [0.1, 0.15) is 128 Å². The molecular formula is C56H71FN6O9. The normalized spacial score (nSPS) is 22.9. The van der Waals surface area contributed by atoms with Gasteiger partial charge in [0.15, 0.2) is 0 Å². The number of fused-ring (bicyclic) bond motifs is 2. The summed E-state index contributed by atoms with van der Waals surface area (Å²) in [6.45, 7) is 6.40. The van der Waals surface area contributed by atoms with E-state index in [4.69, 9.17) is 33.7 Å². The summed E-state index contributed by atoms with van der Waals surface area (Å²) in [6.07, 6.45) is 13.3. The number of aliphatic carboxylic acids is 2. The Kier molecular flexibility index (Phi) is 16.5. The number of hydrogen-bond donors (Lipinski definition) is 4. The summed E-state index contributed by atoms with van der Waals surface area (Å²) < 4.78 is 45.6. The van der Waals surface area contributed by atoms with Crippen molar-refractivity contribution in [2.45, 2.75) is 133 Å². The quantitative estimate of drug-likeness (QED) is 0.0491. The number of aryl methyl sites for hydroxylation is 2. The molecule has 4 fully saturated rings. The number of benzene rings is 2. The number of likely N-dealkylation sites (tertiary alicyclic amines) is 2. The molecule has 0 radical (unpaired) electrons. The van der Waals surface area contributed by atoms with Gasteiger partial charge in [-0.25, -0.2) is 14.4 Å². The second kappa shape index (κ2) is 23.7. The molecule has 16 heteroatoms. The van der Waals surface area contributed by atoms with Crippen LogP contribution in [0.2, 0.25) is 0 Å². The van der Waals surface area contributed by atoms with Crippen LogP contribution >= 0.6 is 0 Å². The van der Waals surface area contributed by atoms with Gasteiger partial charge in [-0.15, -0.1) is 0 Å². The molecule has 7 heterocycles. The van der Waals surface area contributed by atoms with E-state index in [2.05, 4.69) is 28.8 Å². The number of anilines is 2. The standard InChI is InChI=1S/C56H71FN6O9/c57-38-16-20-44(48-14-8-28-70-48)47(30-38)52(56(66)67)63-25-22-43(34-63)68-26-5-3-9-39-17-15-37-29-36(32-59-53(37)60-39)35-71-50-31-40(61-54-46(50)12-7-23-58-54)10-4-6-27-69-42-21-24-62(33-42)51(55(64)65)45-11-1-2-13-49(45)72-41-18-19-41/h1-2,11,13,15-17,20,30-31,36,41-43,48,51-52H,3-10,12,14,18-19,21-29,32-35H2,(H,58,61)(H,59,60)(H,64,65)(H,66,67)/t36?,42-,43-,48?,51-,52+/m1/s1. The maximum Gasteiger partial charge on any atom is 0.325 e. The average molecular weight is 991 g/mol. The highest BCUT2D eigenvalue weighted by Gasteiger charge is 2.39. The molecule has 2 aromatic heterocycles. The van der Waals surface area contributed by atoms with Crippen LogP contribution in [0.4, 0.5) is 16.0 Å². The highest BCUT2D eigenvalue weighted by atomic mass is 19.1. The Hall–Kier alpha value is -5.39. The number of rotatable bonds is 24. The van der Waals surface area contributed by atoms with Gasteiger partial charge in [0.2, 0.25) is 0 Å². The van der Waals surface area contributed by atoms with Crippen LogP contribution in [0.25, 0.3) is 0 Å². The molecule has 0 amide bonds. The number of carbonyl (C=O) groups is 2. The average Bonchev–Trinajstić information content (AvgIpc) is 3.69. The summed E-state index contributed by atoms with van der Waals surface area (Å²) in [6, 6.07) is 16.8. The van der Waals surface area contributed by atoms with Crippen molar-refractivity contribution in [1.29, 1.82) is 0 Å². The molecule has 1 aliphatic carbocycles. The number of nitrogens with zero attached hydrogens (tertiary/aromatic N) is 4. The second-order valence-electron chi connectivity index (χ2n) is 20.6. The Morgan fingerprint density at radius 1 is 0.750 bits per heavy atom. The maximum atomic E-state index is 14.5. The van der Waals surface area contributed by atoms with E-state index in [0.717, 1.165) is 149 Å². The number of para-hydroxylation sites is 1. The molecule has 5 aliphatic heterocycles. The molecule has 0 spiro atoms. The van der Waals surface area contributed by atoms with Crippen molar-refractivity contribution in [3.8, 4) is 11.5 Å². The molecule has 0 bridgehead atoms. The topological polar surface area (TPSA) is 177 Å². The molecule has 2 aromatic carbocycles. The Bertz CT molecular complexity index is 2500. The first-order chi connectivity index (χ1) is 35.2. The van der Waals surface area contributed by atoms with Gasteiger partial charge in [0.05, 0.1) is 31.0 Å². The predicted octanol–water partition coefficient (Wildman–Crippen LogP) is 8.51. The summed E-state index contributed by atoms with van der Waals surface area (Å²) in [5.74, 6) is 1.49. The van der Waals surface area contributed by atoms with E-state index < -0.39 is 29.8 Å². The smallest absolute Gasteiger partial charge is 0.325 e. The van der Waals surface area contributed by atoms with Crippen LogP contribution < -0.4 is 20.1 Å². The van der Waals surface area contributed by atoms with Crippen molar-refractivity contribution in [2.24, 2.45) is 5.92 Å². The molecule has 72 heavy (non-hydrogen) atoms. The van der Waals surface area contributed by atoms with Crippen molar-refractivity contribution in [1.82, 2.24) is 19.8 Å². The van der Waals surface area contributed by atoms with Gasteiger partial charge in [-0.3, -0.25) is 19.4 Å². The fourth-order valence-electron chi connectivity index (χ4n) is 11.3. The molecule has 3 saturated heterocycles. The largest absolute Gasteiger partial charge is 0.493 e. The third-order valence-corrected chi connectivity index (χ3v) is 15.2. The first kappa shape index (κ1) is 50.2. The lowest BCUT2D eigenvalue weighted by atomic mass is 9.94. The van der Waals surface area contributed by atoms with Crippen molar-refractivity contribution in [2.75, 3.05) is 76.3 Å². The van der Waals surface area contributed by atoms with Gasteiger partial charge in [-0.2, -0.15) is 0 Å². The highest BCUT2D eigenvalue weighted by Crippen LogP contribution is 2.39. The zero-order valence-corrected chi connectivity index (χ0v) is 41.4. The van der Waals surface area contributed by atoms with Crippen LogP contribution in [0, 0.1) is 11.7 Å². The fraction of sp³-hybridized carbons (Fsp3) is 0.571. The maximum absolute atomic E-state index is 14.5. The number of ether oxygens (including phenoxy) is 5. The van der Waals surface area contributed by atoms with Gasteiger partial charge >= 0.3 is 11.9 Å². The molecule has 6 aliphatic rings. The Labute approximate surface area is 422 Å². The molecule has 4 N–H and O–H groups in total. The Balaban J connectivity index is 0.642. The monoisotopic (exact) mass is 991 g/mol. The number of nitrogens with one attached hydrogen (secondary N) is 2. The van der Waals surface area contributed by atoms with E-state index in [0.29, 0.717) is 75.4 Å². The second-order valence-corrected chi connectivity index (χ2v) is 20.6. The third-order valence-electron chi connectivity index (χ3n) is 15.2. The summed E-state index contributed by atoms with van der Waals surface area (Å²) in [7, 11) is 0. The molecule has 1 saturated carbocycles. The van der Waals surface area contributed by atoms with E-state index in [-0.39, 0.29) is 24.4 Å². The van der Waals surface area contributed by atoms with E-state index in [9.17, 15) is 24.2 Å². The molecule has 15 nitrogen and oxygen atoms in total. The summed E-state index contributed by atoms with van der Waals surface area (Å²) in [5.41, 5.74) is 6.38. The zero-order chi connectivity index (χ0) is 49.4. The number of aromatic nitrogens is 2. The van der Waals surface area contributed by atoms with Crippen LogP contribution in [-0.4, -0.2) is 126 Å². The predicted molar refractivity (Wildman–Crippen MR) is 269 cm³/mol. The molecule has 386 valence electrons. The lowest BCUT2D eigenvalue weighted by Gasteiger charge is -2.28. The van der Waals surface area contributed by atoms with Crippen LogP contribution in [0.3, 0.4) is 0 Å². The van der Waals surface area contributed by atoms with E-state index in [1.807, 2.05) is 34.1 Å². The van der Waals surface area contributed by atoms with E-state index in [1.165, 1.54) is 17.7 Å². The lowest BCUT2D eigenvalue weighted by molar-refractivity contribution is -0.144. The SMILES string of the molecule is O=C(O)[C@H](c1cc(F)ccc1C1CCCO1)N1CC[C@@H](OCCCCc2ccc3c(n2)NCC(COc2cc(CCCCO[C@@H]4CCN([C@@H](C(=O)O)c5ccccc5OC5CC5)C4)nc4c2CCCN4)C3)C1. The fourth-order valence-corrected chi connectivity index (χ4v) is 11.3. The van der Waals surface area contributed by atoms with Gasteiger partial charge in [0.25, 0.3) is 0 Å². The number of carboxylic acids is 2. The van der Waals surface area contributed by atoms with Gasteiger partial charge in [0.1, 0.15) is 41.0 Å². The lowest BCUT2D eigenvalue weighted by Crippen LogP contribution is -2.34. The molecule has 6 atom stereocenters. The summed E-state index contributed by atoms with van der Waals surface area (Å²) in [5, 5.41) is 27.7. The van der Waals surface area contributed by atoms with Crippen molar-refractivity contribution >= 4 is 23.6 Å². The van der Waals surface area contributed by atoms with Crippen LogP contribution in [0.5, 0.6) is 11.5 Å². The number of halogens is 1. The van der Waals surface area contributed by atoms with Crippen molar-refractivity contribution in [3.63, 3.8) is 0 Å². The number of pyridine rings is 2. The summed E-state index contributed by atoms with van der Waals surface area (Å²) >= 11 is 0. The van der Waals surface area contributed by atoms with Gasteiger partial charge in [-0.1, -0.05) is 30.3 Å². The first-order valence-corrected chi connectivity index (χ1v) is 26.7. The van der Waals surface area contributed by atoms with Gasteiger partial charge in [-0.05, 0) is 137 Å². The van der Waals surface area contributed by atoms with Crippen molar-refractivity contribution in [3.05, 3.63) is 106 Å². The van der Waals surface area contributed by atoms with Crippen molar-refractivity contribution < 1.29 is 47.9 Å². The molecule has 10 rings (SSSR count). The number of hydrogen-bond acceptors (Lipinski definition) is 13.